The van der Waals surface area contributed by atoms with Crippen LogP contribution in [-0.4, -0.2) is 30.4 Å². The van der Waals surface area contributed by atoms with Gasteiger partial charge < -0.3 is 10.2 Å². The second-order valence-electron chi connectivity index (χ2n) is 5.01. The van der Waals surface area contributed by atoms with E-state index in [4.69, 9.17) is 11.6 Å². The maximum atomic E-state index is 12.2. The molecule has 2 rings (SSSR count). The van der Waals surface area contributed by atoms with Crippen LogP contribution in [0.3, 0.4) is 0 Å². The standard InChI is InChI=1S/C15H21ClN2O/c16-13-7-6-8-14(11-13)17-12-15(19)18-9-4-2-1-3-5-10-18/h6-8,11,17H,1-5,9-10,12H2. The van der Waals surface area contributed by atoms with E-state index in [-0.39, 0.29) is 5.91 Å². The van der Waals surface area contributed by atoms with Crippen molar-refractivity contribution in [1.82, 2.24) is 4.90 Å². The number of benzene rings is 1. The molecule has 1 saturated heterocycles. The molecule has 4 heteroatoms. The normalized spacial score (nSPS) is 16.6. The van der Waals surface area contributed by atoms with Crippen molar-refractivity contribution < 1.29 is 4.79 Å². The molecule has 1 aromatic rings. The van der Waals surface area contributed by atoms with Gasteiger partial charge in [-0.2, -0.15) is 0 Å². The lowest BCUT2D eigenvalue weighted by Crippen LogP contribution is -2.37. The van der Waals surface area contributed by atoms with E-state index in [0.29, 0.717) is 11.6 Å². The number of hydrogen-bond donors (Lipinski definition) is 1. The highest BCUT2D eigenvalue weighted by molar-refractivity contribution is 6.30. The van der Waals surface area contributed by atoms with E-state index in [1.165, 1.54) is 19.3 Å². The second kappa shape index (κ2) is 7.39. The molecule has 1 fully saturated rings. The molecule has 0 radical (unpaired) electrons. The van der Waals surface area contributed by atoms with Gasteiger partial charge in [0.05, 0.1) is 6.54 Å². The van der Waals surface area contributed by atoms with Gasteiger partial charge in [-0.25, -0.2) is 0 Å². The Kier molecular flexibility index (Phi) is 5.52. The van der Waals surface area contributed by atoms with E-state index in [0.717, 1.165) is 31.6 Å². The van der Waals surface area contributed by atoms with Crippen LogP contribution < -0.4 is 5.32 Å². The van der Waals surface area contributed by atoms with E-state index in [1.54, 1.807) is 0 Å². The Hall–Kier alpha value is -1.22. The van der Waals surface area contributed by atoms with Crippen molar-refractivity contribution in [3.05, 3.63) is 29.3 Å². The molecule has 0 bridgehead atoms. The molecule has 1 heterocycles. The summed E-state index contributed by atoms with van der Waals surface area (Å²) < 4.78 is 0. The largest absolute Gasteiger partial charge is 0.376 e. The maximum absolute atomic E-state index is 12.2. The summed E-state index contributed by atoms with van der Waals surface area (Å²) in [6.45, 7) is 2.15. The Morgan fingerprint density at radius 3 is 2.53 bits per heavy atom. The van der Waals surface area contributed by atoms with Gasteiger partial charge in [0.15, 0.2) is 0 Å². The van der Waals surface area contributed by atoms with Gasteiger partial charge in [0.2, 0.25) is 5.91 Å². The van der Waals surface area contributed by atoms with Crippen LogP contribution in [0, 0.1) is 0 Å². The lowest BCUT2D eigenvalue weighted by molar-refractivity contribution is -0.129. The molecule has 0 aromatic heterocycles. The van der Waals surface area contributed by atoms with Crippen molar-refractivity contribution in [3.63, 3.8) is 0 Å². The highest BCUT2D eigenvalue weighted by Crippen LogP contribution is 2.15. The van der Waals surface area contributed by atoms with Crippen molar-refractivity contribution in [1.29, 1.82) is 0 Å². The fourth-order valence-electron chi connectivity index (χ4n) is 2.38. The molecule has 0 saturated carbocycles. The first-order valence-electron chi connectivity index (χ1n) is 7.03. The van der Waals surface area contributed by atoms with Crippen LogP contribution in [-0.2, 0) is 4.79 Å². The minimum Gasteiger partial charge on any atom is -0.376 e. The molecule has 0 aliphatic carbocycles. The van der Waals surface area contributed by atoms with Crippen LogP contribution in [0.1, 0.15) is 32.1 Å². The lowest BCUT2D eigenvalue weighted by Gasteiger charge is -2.25. The summed E-state index contributed by atoms with van der Waals surface area (Å²) in [6.07, 6.45) is 6.05. The summed E-state index contributed by atoms with van der Waals surface area (Å²) in [7, 11) is 0. The van der Waals surface area contributed by atoms with Crippen LogP contribution >= 0.6 is 11.6 Å². The fraction of sp³-hybridized carbons (Fsp3) is 0.533. The van der Waals surface area contributed by atoms with Gasteiger partial charge in [-0.05, 0) is 31.0 Å². The molecule has 1 aliphatic heterocycles. The number of likely N-dealkylation sites (tertiary alicyclic amines) is 1. The number of nitrogens with zero attached hydrogens (tertiary/aromatic N) is 1. The smallest absolute Gasteiger partial charge is 0.241 e. The first-order chi connectivity index (χ1) is 9.25. The van der Waals surface area contributed by atoms with Gasteiger partial charge in [-0.15, -0.1) is 0 Å². The van der Waals surface area contributed by atoms with Crippen molar-refractivity contribution in [3.8, 4) is 0 Å². The highest BCUT2D eigenvalue weighted by atomic mass is 35.5. The SMILES string of the molecule is O=C(CNc1cccc(Cl)c1)N1CCCCCCC1. The molecule has 0 atom stereocenters. The molecule has 19 heavy (non-hydrogen) atoms. The minimum atomic E-state index is 0.182. The van der Waals surface area contributed by atoms with E-state index >= 15 is 0 Å². The molecule has 1 aliphatic rings. The topological polar surface area (TPSA) is 32.3 Å². The van der Waals surface area contributed by atoms with E-state index < -0.39 is 0 Å². The number of rotatable bonds is 3. The summed E-state index contributed by atoms with van der Waals surface area (Å²) in [5, 5.41) is 3.83. The van der Waals surface area contributed by atoms with Crippen molar-refractivity contribution in [2.24, 2.45) is 0 Å². The third-order valence-electron chi connectivity index (χ3n) is 3.48. The molecule has 3 nitrogen and oxygen atoms in total. The number of nitrogens with one attached hydrogen (secondary N) is 1. The summed E-state index contributed by atoms with van der Waals surface area (Å²) in [5.41, 5.74) is 0.896. The van der Waals surface area contributed by atoms with Crippen LogP contribution in [0.15, 0.2) is 24.3 Å². The number of anilines is 1. The Labute approximate surface area is 119 Å². The van der Waals surface area contributed by atoms with Crippen molar-refractivity contribution >= 4 is 23.2 Å². The molecule has 104 valence electrons. The number of carbonyl (C=O) groups is 1. The predicted octanol–water partition coefficient (Wildman–Crippen LogP) is 3.54. The zero-order chi connectivity index (χ0) is 13.5. The molecular formula is C15H21ClN2O. The Morgan fingerprint density at radius 1 is 1.16 bits per heavy atom. The third kappa shape index (κ3) is 4.75. The first kappa shape index (κ1) is 14.2. The fourth-order valence-corrected chi connectivity index (χ4v) is 2.58. The molecule has 0 unspecified atom stereocenters. The summed E-state index contributed by atoms with van der Waals surface area (Å²) in [6, 6.07) is 7.47. The van der Waals surface area contributed by atoms with Gasteiger partial charge in [0.25, 0.3) is 0 Å². The first-order valence-corrected chi connectivity index (χ1v) is 7.41. The molecule has 1 aromatic carbocycles. The molecule has 1 N–H and O–H groups in total. The average molecular weight is 281 g/mol. The van der Waals surface area contributed by atoms with Gasteiger partial charge in [0, 0.05) is 23.8 Å². The van der Waals surface area contributed by atoms with Gasteiger partial charge in [-0.3, -0.25) is 4.79 Å². The van der Waals surface area contributed by atoms with Gasteiger partial charge >= 0.3 is 0 Å². The quantitative estimate of drug-likeness (QED) is 0.918. The van der Waals surface area contributed by atoms with Crippen LogP contribution in [0.5, 0.6) is 0 Å². The lowest BCUT2D eigenvalue weighted by atomic mass is 10.1. The summed E-state index contributed by atoms with van der Waals surface area (Å²) in [5.74, 6) is 0.182. The van der Waals surface area contributed by atoms with Gasteiger partial charge in [-0.1, -0.05) is 36.9 Å². The monoisotopic (exact) mass is 280 g/mol. The Bertz CT molecular complexity index is 414. The second-order valence-corrected chi connectivity index (χ2v) is 5.45. The molecular weight excluding hydrogens is 260 g/mol. The Morgan fingerprint density at radius 2 is 1.84 bits per heavy atom. The average Bonchev–Trinajstić information content (AvgIpc) is 2.36. The number of hydrogen-bond acceptors (Lipinski definition) is 2. The molecule has 1 amide bonds. The number of carbonyl (C=O) groups excluding carboxylic acids is 1. The molecule has 0 spiro atoms. The number of halogens is 1. The zero-order valence-corrected chi connectivity index (χ0v) is 12.0. The zero-order valence-electron chi connectivity index (χ0n) is 11.2. The van der Waals surface area contributed by atoms with Crippen molar-refractivity contribution in [2.45, 2.75) is 32.1 Å². The number of amides is 1. The van der Waals surface area contributed by atoms with E-state index in [2.05, 4.69) is 5.32 Å². The van der Waals surface area contributed by atoms with Crippen LogP contribution in [0.25, 0.3) is 0 Å². The van der Waals surface area contributed by atoms with Crippen molar-refractivity contribution in [2.75, 3.05) is 25.0 Å². The third-order valence-corrected chi connectivity index (χ3v) is 3.71. The minimum absolute atomic E-state index is 0.182. The summed E-state index contributed by atoms with van der Waals surface area (Å²) in [4.78, 5) is 14.1. The van der Waals surface area contributed by atoms with Crippen LogP contribution in [0.4, 0.5) is 5.69 Å². The maximum Gasteiger partial charge on any atom is 0.241 e. The van der Waals surface area contributed by atoms with E-state index in [1.807, 2.05) is 29.2 Å². The van der Waals surface area contributed by atoms with Crippen LogP contribution in [0.2, 0.25) is 5.02 Å². The highest BCUT2D eigenvalue weighted by Gasteiger charge is 2.14. The predicted molar refractivity (Wildman–Crippen MR) is 79.6 cm³/mol. The van der Waals surface area contributed by atoms with Gasteiger partial charge in [0.1, 0.15) is 0 Å². The van der Waals surface area contributed by atoms with E-state index in [9.17, 15) is 4.79 Å². The Balaban J connectivity index is 1.82. The summed E-state index contributed by atoms with van der Waals surface area (Å²) >= 11 is 5.91.